The Hall–Kier alpha value is -1.40. The summed E-state index contributed by atoms with van der Waals surface area (Å²) in [6, 6.07) is 17.1. The molecule has 1 atom stereocenters. The lowest BCUT2D eigenvalue weighted by molar-refractivity contribution is -0.160. The van der Waals surface area contributed by atoms with E-state index in [1.165, 1.54) is 33.1 Å². The lowest BCUT2D eigenvalue weighted by Crippen LogP contribution is -2.52. The number of hydrogen-bond acceptors (Lipinski definition) is 3. The number of ether oxygens (including phenoxy) is 1. The maximum atomic E-state index is 12.7. The number of piperidine rings is 3. The Kier molecular flexibility index (Phi) is 5.79. The van der Waals surface area contributed by atoms with Crippen LogP contribution in [-0.2, 0) is 14.9 Å². The van der Waals surface area contributed by atoms with E-state index in [2.05, 4.69) is 89.9 Å². The van der Waals surface area contributed by atoms with Gasteiger partial charge < -0.3 is 4.74 Å². The van der Waals surface area contributed by atoms with E-state index in [1.54, 1.807) is 0 Å². The van der Waals surface area contributed by atoms with Gasteiger partial charge in [0.05, 0.1) is 6.42 Å². The van der Waals surface area contributed by atoms with Crippen molar-refractivity contribution >= 4 is 28.6 Å². The van der Waals surface area contributed by atoms with Crippen molar-refractivity contribution in [2.45, 2.75) is 44.6 Å². The van der Waals surface area contributed by atoms with Gasteiger partial charge in [-0.3, -0.25) is 9.69 Å². The van der Waals surface area contributed by atoms with Crippen LogP contribution in [0.5, 0.6) is 0 Å². The zero-order chi connectivity index (χ0) is 19.7. The second-order valence-electron chi connectivity index (χ2n) is 8.81. The van der Waals surface area contributed by atoms with Gasteiger partial charge in [-0.2, -0.15) is 0 Å². The molecule has 2 bridgehead atoms. The molecule has 3 fully saturated rings. The van der Waals surface area contributed by atoms with Gasteiger partial charge in [0.15, 0.2) is 0 Å². The fourth-order valence-electron chi connectivity index (χ4n) is 4.48. The molecule has 3 heterocycles. The second-order valence-corrected chi connectivity index (χ2v) is 10.1. The third-order valence-electron chi connectivity index (χ3n) is 6.29. The molecule has 0 N–H and O–H groups in total. The number of benzene rings is 2. The summed E-state index contributed by atoms with van der Waals surface area (Å²) < 4.78 is 7.16. The topological polar surface area (TPSA) is 29.5 Å². The molecule has 5 rings (SSSR count). The maximum absolute atomic E-state index is 12.7. The number of halogens is 1. The first kappa shape index (κ1) is 19.9. The minimum atomic E-state index is -0.260. The molecule has 148 valence electrons. The molecule has 2 aromatic carbocycles. The van der Waals surface area contributed by atoms with E-state index in [0.717, 1.165) is 19.6 Å². The van der Waals surface area contributed by atoms with Crippen LogP contribution in [0.3, 0.4) is 0 Å². The van der Waals surface area contributed by atoms with Crippen LogP contribution in [0.25, 0.3) is 11.1 Å². The predicted octanol–water partition coefficient (Wildman–Crippen LogP) is 5.26. The molecule has 0 aromatic heterocycles. The minimum Gasteiger partial charge on any atom is -0.461 e. The van der Waals surface area contributed by atoms with E-state index in [1.807, 2.05) is 0 Å². The van der Waals surface area contributed by atoms with Crippen molar-refractivity contribution in [3.05, 3.63) is 57.7 Å². The summed E-state index contributed by atoms with van der Waals surface area (Å²) in [5.74, 6) is 0.490. The Balaban J connectivity index is 1.45. The molecule has 4 heteroatoms. The third-order valence-corrected chi connectivity index (χ3v) is 7.01. The van der Waals surface area contributed by atoms with E-state index < -0.39 is 0 Å². The highest BCUT2D eigenvalue weighted by Gasteiger charge is 2.37. The summed E-state index contributed by atoms with van der Waals surface area (Å²) in [5, 5.41) is 0. The van der Waals surface area contributed by atoms with E-state index in [4.69, 9.17) is 4.74 Å². The van der Waals surface area contributed by atoms with E-state index in [0.29, 0.717) is 12.3 Å². The van der Waals surface area contributed by atoms with Gasteiger partial charge in [0, 0.05) is 15.5 Å². The van der Waals surface area contributed by atoms with Gasteiger partial charge in [0.25, 0.3) is 0 Å². The molecule has 28 heavy (non-hydrogen) atoms. The lowest BCUT2D eigenvalue weighted by Gasteiger charge is -2.44. The number of fused-ring (bicyclic) bond motifs is 3. The van der Waals surface area contributed by atoms with Crippen LogP contribution in [0.15, 0.2) is 48.5 Å². The number of nitrogens with zero attached hydrogens (tertiary/aromatic N) is 1. The van der Waals surface area contributed by atoms with Crippen molar-refractivity contribution in [1.29, 1.82) is 0 Å². The highest BCUT2D eigenvalue weighted by Crippen LogP contribution is 2.33. The Bertz CT molecular complexity index is 838. The van der Waals surface area contributed by atoms with Gasteiger partial charge in [-0.15, -0.1) is 0 Å². The zero-order valence-electron chi connectivity index (χ0n) is 16.7. The SMILES string of the molecule is CC(C)(CC(=O)OC1CN2CCC1CC2)c1cccc(-c2ccc(I)cc2)c1. The van der Waals surface area contributed by atoms with Crippen LogP contribution in [0.4, 0.5) is 0 Å². The summed E-state index contributed by atoms with van der Waals surface area (Å²) in [4.78, 5) is 15.2. The Morgan fingerprint density at radius 3 is 2.46 bits per heavy atom. The highest BCUT2D eigenvalue weighted by molar-refractivity contribution is 14.1. The Morgan fingerprint density at radius 2 is 1.82 bits per heavy atom. The standard InChI is InChI=1S/C24H28INO2/c1-24(2,15-23(27)28-22-16-26-12-10-18(22)11-13-26)20-5-3-4-19(14-20)17-6-8-21(25)9-7-17/h3-9,14,18,22H,10-13,15-16H2,1-2H3. The van der Waals surface area contributed by atoms with Gasteiger partial charge >= 0.3 is 5.97 Å². The van der Waals surface area contributed by atoms with Crippen LogP contribution in [0, 0.1) is 9.49 Å². The number of esters is 1. The van der Waals surface area contributed by atoms with Crippen LogP contribution < -0.4 is 0 Å². The van der Waals surface area contributed by atoms with Crippen LogP contribution >= 0.6 is 22.6 Å². The van der Waals surface area contributed by atoms with Gasteiger partial charge in [-0.25, -0.2) is 0 Å². The normalized spacial score (nSPS) is 24.2. The Morgan fingerprint density at radius 1 is 1.11 bits per heavy atom. The maximum Gasteiger partial charge on any atom is 0.306 e. The van der Waals surface area contributed by atoms with Crippen molar-refractivity contribution in [3.63, 3.8) is 0 Å². The second kappa shape index (κ2) is 8.15. The van der Waals surface area contributed by atoms with Crippen LogP contribution in [-0.4, -0.2) is 36.6 Å². The summed E-state index contributed by atoms with van der Waals surface area (Å²) in [6.45, 7) is 7.51. The van der Waals surface area contributed by atoms with Gasteiger partial charge in [-0.1, -0.05) is 50.2 Å². The summed E-state index contributed by atoms with van der Waals surface area (Å²) in [7, 11) is 0. The molecule has 3 saturated heterocycles. The first-order valence-electron chi connectivity index (χ1n) is 10.2. The lowest BCUT2D eigenvalue weighted by atomic mass is 9.80. The number of hydrogen-bond donors (Lipinski definition) is 0. The first-order chi connectivity index (χ1) is 13.4. The van der Waals surface area contributed by atoms with Crippen molar-refractivity contribution in [1.82, 2.24) is 4.90 Å². The molecule has 3 nitrogen and oxygen atoms in total. The van der Waals surface area contributed by atoms with Gasteiger partial charge in [-0.05, 0) is 83.3 Å². The molecule has 0 aliphatic carbocycles. The molecular formula is C24H28INO2. The van der Waals surface area contributed by atoms with Crippen molar-refractivity contribution in [2.24, 2.45) is 5.92 Å². The average molecular weight is 489 g/mol. The van der Waals surface area contributed by atoms with Crippen molar-refractivity contribution in [2.75, 3.05) is 19.6 Å². The third kappa shape index (κ3) is 4.43. The van der Waals surface area contributed by atoms with Crippen LogP contribution in [0.2, 0.25) is 0 Å². The molecule has 0 radical (unpaired) electrons. The first-order valence-corrected chi connectivity index (χ1v) is 11.3. The van der Waals surface area contributed by atoms with Crippen molar-refractivity contribution < 1.29 is 9.53 Å². The van der Waals surface area contributed by atoms with Crippen LogP contribution in [0.1, 0.15) is 38.7 Å². The summed E-state index contributed by atoms with van der Waals surface area (Å²) in [6.07, 6.45) is 2.83. The number of rotatable bonds is 5. The van der Waals surface area contributed by atoms with E-state index in [-0.39, 0.29) is 17.5 Å². The zero-order valence-corrected chi connectivity index (χ0v) is 18.8. The highest BCUT2D eigenvalue weighted by atomic mass is 127. The van der Waals surface area contributed by atoms with E-state index >= 15 is 0 Å². The monoisotopic (exact) mass is 489 g/mol. The quantitative estimate of drug-likeness (QED) is 0.424. The molecule has 3 aliphatic heterocycles. The molecule has 3 aliphatic rings. The largest absolute Gasteiger partial charge is 0.461 e. The number of carbonyl (C=O) groups excluding carboxylic acids is 1. The average Bonchev–Trinajstić information content (AvgIpc) is 2.69. The fourth-order valence-corrected chi connectivity index (χ4v) is 4.84. The summed E-state index contributed by atoms with van der Waals surface area (Å²) >= 11 is 2.32. The smallest absolute Gasteiger partial charge is 0.306 e. The van der Waals surface area contributed by atoms with E-state index in [9.17, 15) is 4.79 Å². The fraction of sp³-hybridized carbons (Fsp3) is 0.458. The molecule has 2 aromatic rings. The van der Waals surface area contributed by atoms with Gasteiger partial charge in [0.2, 0.25) is 0 Å². The minimum absolute atomic E-state index is 0.0663. The Labute approximate surface area is 181 Å². The molecule has 0 saturated carbocycles. The molecule has 0 spiro atoms. The summed E-state index contributed by atoms with van der Waals surface area (Å²) in [5.41, 5.74) is 3.31. The molecular weight excluding hydrogens is 461 g/mol. The van der Waals surface area contributed by atoms with Crippen molar-refractivity contribution in [3.8, 4) is 11.1 Å². The predicted molar refractivity (Wildman–Crippen MR) is 121 cm³/mol. The molecule has 0 amide bonds. The number of carbonyl (C=O) groups is 1. The molecule has 1 unspecified atom stereocenters. The van der Waals surface area contributed by atoms with Gasteiger partial charge in [0.1, 0.15) is 6.10 Å².